The summed E-state index contributed by atoms with van der Waals surface area (Å²) < 4.78 is 4.11. The van der Waals surface area contributed by atoms with Crippen LogP contribution in [0.25, 0.3) is 0 Å². The van der Waals surface area contributed by atoms with Gasteiger partial charge in [0.25, 0.3) is 0 Å². The summed E-state index contributed by atoms with van der Waals surface area (Å²) in [5.41, 5.74) is 6.76. The van der Waals surface area contributed by atoms with Gasteiger partial charge in [-0.2, -0.15) is 4.37 Å². The number of anilines is 2. The smallest absolute Gasteiger partial charge is 0.142 e. The molecule has 2 unspecified atom stereocenters. The van der Waals surface area contributed by atoms with E-state index < -0.39 is 0 Å². The Balaban J connectivity index is 2.64. The number of aromatic nitrogens is 1. The van der Waals surface area contributed by atoms with E-state index in [-0.39, 0.29) is 0 Å². The molecule has 0 amide bonds. The summed E-state index contributed by atoms with van der Waals surface area (Å²) in [5.74, 6) is 1.31. The molecule has 0 spiro atoms. The van der Waals surface area contributed by atoms with Crippen molar-refractivity contribution in [3.05, 3.63) is 5.56 Å². The lowest BCUT2D eigenvalue weighted by Gasteiger charge is -2.20. The Morgan fingerprint density at radius 2 is 2.14 bits per heavy atom. The average molecular weight is 213 g/mol. The highest BCUT2D eigenvalue weighted by Crippen LogP contribution is 2.27. The first-order chi connectivity index (χ1) is 6.56. The maximum Gasteiger partial charge on any atom is 0.142 e. The van der Waals surface area contributed by atoms with E-state index in [2.05, 4.69) is 30.5 Å². The predicted octanol–water partition coefficient (Wildman–Crippen LogP) is 2.88. The second-order valence-corrected chi connectivity index (χ2v) is 4.61. The number of nitrogens with one attached hydrogen (secondary N) is 1. The zero-order chi connectivity index (χ0) is 10.7. The maximum atomic E-state index is 5.68. The first kappa shape index (κ1) is 11.3. The first-order valence-corrected chi connectivity index (χ1v) is 5.81. The van der Waals surface area contributed by atoms with Gasteiger partial charge in [0.15, 0.2) is 0 Å². The summed E-state index contributed by atoms with van der Waals surface area (Å²) >= 11 is 1.45. The van der Waals surface area contributed by atoms with Crippen LogP contribution >= 0.6 is 11.5 Å². The van der Waals surface area contributed by atoms with Gasteiger partial charge in [0.05, 0.1) is 0 Å². The van der Waals surface area contributed by atoms with Gasteiger partial charge in [0.1, 0.15) is 10.8 Å². The predicted molar refractivity (Wildman–Crippen MR) is 63.8 cm³/mol. The molecule has 0 aliphatic heterocycles. The fraction of sp³-hybridized carbons (Fsp3) is 0.700. The SMILES string of the molecule is CCC(C)C(C)Nc1snc(N)c1C. The molecular formula is C10H19N3S. The third-order valence-electron chi connectivity index (χ3n) is 2.82. The van der Waals surface area contributed by atoms with Crippen LogP contribution in [0.15, 0.2) is 0 Å². The largest absolute Gasteiger partial charge is 0.383 e. The van der Waals surface area contributed by atoms with Gasteiger partial charge in [0, 0.05) is 11.6 Å². The van der Waals surface area contributed by atoms with Crippen molar-refractivity contribution in [1.82, 2.24) is 4.37 Å². The maximum absolute atomic E-state index is 5.68. The van der Waals surface area contributed by atoms with Crippen molar-refractivity contribution in [2.24, 2.45) is 5.92 Å². The molecule has 3 N–H and O–H groups in total. The van der Waals surface area contributed by atoms with E-state index >= 15 is 0 Å². The van der Waals surface area contributed by atoms with Crippen LogP contribution in [0.1, 0.15) is 32.8 Å². The van der Waals surface area contributed by atoms with E-state index in [1.807, 2.05) is 6.92 Å². The molecule has 2 atom stereocenters. The van der Waals surface area contributed by atoms with Crippen LogP contribution in [0.2, 0.25) is 0 Å². The molecule has 3 nitrogen and oxygen atoms in total. The summed E-state index contributed by atoms with van der Waals surface area (Å²) in [6.07, 6.45) is 1.18. The van der Waals surface area contributed by atoms with Crippen molar-refractivity contribution >= 4 is 22.4 Å². The Hall–Kier alpha value is -0.770. The Morgan fingerprint density at radius 1 is 1.50 bits per heavy atom. The summed E-state index contributed by atoms with van der Waals surface area (Å²) in [7, 11) is 0. The molecule has 1 aromatic rings. The van der Waals surface area contributed by atoms with Gasteiger partial charge in [-0.3, -0.25) is 0 Å². The fourth-order valence-electron chi connectivity index (χ4n) is 1.19. The normalized spacial score (nSPS) is 15.1. The monoisotopic (exact) mass is 213 g/mol. The molecule has 0 aliphatic rings. The molecule has 0 aromatic carbocycles. The number of nitrogens with zero attached hydrogens (tertiary/aromatic N) is 1. The Kier molecular flexibility index (Phi) is 3.75. The van der Waals surface area contributed by atoms with Gasteiger partial charge in [0.2, 0.25) is 0 Å². The molecule has 80 valence electrons. The third-order valence-corrected chi connectivity index (χ3v) is 3.71. The number of nitrogens with two attached hydrogens (primary N) is 1. The summed E-state index contributed by atoms with van der Waals surface area (Å²) in [6.45, 7) is 8.65. The standard InChI is InChI=1S/C10H19N3S/c1-5-6(2)8(4)12-10-7(3)9(11)13-14-10/h6,8,12H,5H2,1-4H3,(H2,11,13). The average Bonchev–Trinajstić information content (AvgIpc) is 2.48. The highest BCUT2D eigenvalue weighted by atomic mass is 32.1. The fourth-order valence-corrected chi connectivity index (χ4v) is 1.99. The van der Waals surface area contributed by atoms with Crippen molar-refractivity contribution in [3.8, 4) is 0 Å². The number of hydrogen-bond donors (Lipinski definition) is 2. The minimum Gasteiger partial charge on any atom is -0.383 e. The molecule has 1 heterocycles. The molecule has 4 heteroatoms. The molecule has 0 bridgehead atoms. The van der Waals surface area contributed by atoms with E-state index in [1.54, 1.807) is 0 Å². The van der Waals surface area contributed by atoms with E-state index in [0.717, 1.165) is 10.6 Å². The molecule has 1 rings (SSSR count). The Morgan fingerprint density at radius 3 is 2.57 bits per heavy atom. The van der Waals surface area contributed by atoms with E-state index in [4.69, 9.17) is 5.73 Å². The van der Waals surface area contributed by atoms with Gasteiger partial charge >= 0.3 is 0 Å². The summed E-state index contributed by atoms with van der Waals surface area (Å²) in [4.78, 5) is 0. The lowest BCUT2D eigenvalue weighted by atomic mass is 10.0. The summed E-state index contributed by atoms with van der Waals surface area (Å²) in [6, 6.07) is 0.471. The second kappa shape index (κ2) is 4.64. The molecule has 0 fully saturated rings. The zero-order valence-corrected chi connectivity index (χ0v) is 10.1. The Bertz CT molecular complexity index is 296. The van der Waals surface area contributed by atoms with Crippen LogP contribution in [0, 0.1) is 12.8 Å². The lowest BCUT2D eigenvalue weighted by Crippen LogP contribution is -2.22. The topological polar surface area (TPSA) is 50.9 Å². The molecule has 0 aliphatic carbocycles. The minimum absolute atomic E-state index is 0.471. The number of rotatable bonds is 4. The van der Waals surface area contributed by atoms with Crippen LogP contribution in [0.3, 0.4) is 0 Å². The quantitative estimate of drug-likeness (QED) is 0.808. The van der Waals surface area contributed by atoms with Gasteiger partial charge in [-0.15, -0.1) is 0 Å². The molecule has 14 heavy (non-hydrogen) atoms. The van der Waals surface area contributed by atoms with E-state index in [9.17, 15) is 0 Å². The number of hydrogen-bond acceptors (Lipinski definition) is 4. The van der Waals surface area contributed by atoms with Gasteiger partial charge in [-0.25, -0.2) is 0 Å². The van der Waals surface area contributed by atoms with Gasteiger partial charge in [-0.05, 0) is 31.3 Å². The van der Waals surface area contributed by atoms with Crippen LogP contribution in [-0.4, -0.2) is 10.4 Å². The van der Waals surface area contributed by atoms with E-state index in [1.165, 1.54) is 18.0 Å². The molecule has 0 saturated carbocycles. The van der Waals surface area contributed by atoms with Crippen molar-refractivity contribution in [2.45, 2.75) is 40.2 Å². The van der Waals surface area contributed by atoms with Crippen molar-refractivity contribution < 1.29 is 0 Å². The van der Waals surface area contributed by atoms with Gasteiger partial charge in [-0.1, -0.05) is 20.3 Å². The van der Waals surface area contributed by atoms with Crippen LogP contribution in [0.4, 0.5) is 10.8 Å². The highest BCUT2D eigenvalue weighted by Gasteiger charge is 2.13. The van der Waals surface area contributed by atoms with Crippen molar-refractivity contribution in [1.29, 1.82) is 0 Å². The first-order valence-electron chi connectivity index (χ1n) is 5.04. The van der Waals surface area contributed by atoms with Crippen LogP contribution in [-0.2, 0) is 0 Å². The zero-order valence-electron chi connectivity index (χ0n) is 9.29. The molecule has 0 saturated heterocycles. The van der Waals surface area contributed by atoms with Crippen molar-refractivity contribution in [2.75, 3.05) is 11.1 Å². The molecule has 1 aromatic heterocycles. The number of nitrogen functional groups attached to an aromatic ring is 1. The van der Waals surface area contributed by atoms with Crippen LogP contribution < -0.4 is 11.1 Å². The second-order valence-electron chi connectivity index (χ2n) is 3.84. The lowest BCUT2D eigenvalue weighted by molar-refractivity contribution is 0.495. The van der Waals surface area contributed by atoms with E-state index in [0.29, 0.717) is 17.8 Å². The molecule has 0 radical (unpaired) electrons. The third kappa shape index (κ3) is 2.38. The highest BCUT2D eigenvalue weighted by molar-refractivity contribution is 7.10. The summed E-state index contributed by atoms with van der Waals surface area (Å²) in [5, 5.41) is 4.56. The minimum atomic E-state index is 0.471. The molecular weight excluding hydrogens is 194 g/mol. The van der Waals surface area contributed by atoms with Gasteiger partial charge < -0.3 is 11.1 Å². The van der Waals surface area contributed by atoms with Crippen molar-refractivity contribution in [3.63, 3.8) is 0 Å². The Labute approximate surface area is 89.9 Å². The van der Waals surface area contributed by atoms with Crippen LogP contribution in [0.5, 0.6) is 0 Å².